The molecule has 1 aliphatic rings. The Bertz CT molecular complexity index is 755. The molecule has 1 unspecified atom stereocenters. The molecule has 2 nitrogen and oxygen atoms in total. The van der Waals surface area contributed by atoms with E-state index in [2.05, 4.69) is 47.1 Å². The summed E-state index contributed by atoms with van der Waals surface area (Å²) in [5.74, 6) is 0.239. The first-order chi connectivity index (χ1) is 11.1. The molecule has 120 valence electrons. The highest BCUT2D eigenvalue weighted by molar-refractivity contribution is 9.09. The number of carbonyl (C=O) groups is 1. The molecule has 0 bridgehead atoms. The lowest BCUT2D eigenvalue weighted by molar-refractivity contribution is -0.127. The molecule has 0 N–H and O–H groups in total. The average molecular weight is 411 g/mol. The van der Waals surface area contributed by atoms with Crippen LogP contribution in [0.1, 0.15) is 27.5 Å². The van der Waals surface area contributed by atoms with Gasteiger partial charge in [0.25, 0.3) is 0 Å². The van der Waals surface area contributed by atoms with Crippen LogP contribution in [0, 0.1) is 6.92 Å². The summed E-state index contributed by atoms with van der Waals surface area (Å²) in [6.45, 7) is 3.45. The lowest BCUT2D eigenvalue weighted by Crippen LogP contribution is -2.37. The monoisotopic (exact) mass is 409 g/mol. The van der Waals surface area contributed by atoms with Crippen molar-refractivity contribution in [3.63, 3.8) is 0 Å². The predicted molar refractivity (Wildman–Crippen MR) is 101 cm³/mol. The Hall–Kier alpha value is -1.10. The molecule has 1 aliphatic heterocycles. The van der Waals surface area contributed by atoms with E-state index in [1.165, 1.54) is 21.6 Å². The van der Waals surface area contributed by atoms with Crippen molar-refractivity contribution in [1.82, 2.24) is 4.90 Å². The van der Waals surface area contributed by atoms with Gasteiger partial charge in [0.2, 0.25) is 5.91 Å². The normalized spacial score (nSPS) is 17.5. The second-order valence-electron chi connectivity index (χ2n) is 5.61. The molecular weight excluding hydrogens is 394 g/mol. The smallest absolute Gasteiger partial charge is 0.246 e. The highest BCUT2D eigenvalue weighted by Gasteiger charge is 2.30. The van der Waals surface area contributed by atoms with E-state index in [9.17, 15) is 4.79 Å². The van der Waals surface area contributed by atoms with Gasteiger partial charge in [-0.15, -0.1) is 11.3 Å². The van der Waals surface area contributed by atoms with Crippen LogP contribution in [0.15, 0.2) is 42.5 Å². The maximum Gasteiger partial charge on any atom is 0.246 e. The first kappa shape index (κ1) is 16.7. The largest absolute Gasteiger partial charge is 0.333 e. The lowest BCUT2D eigenvalue weighted by Gasteiger charge is -2.33. The van der Waals surface area contributed by atoms with Crippen molar-refractivity contribution >= 4 is 44.8 Å². The van der Waals surface area contributed by atoms with E-state index in [4.69, 9.17) is 11.6 Å². The number of halogens is 2. The number of amides is 1. The molecule has 1 amide bonds. The predicted octanol–water partition coefficient (Wildman–Crippen LogP) is 5.14. The maximum atomic E-state index is 12.4. The highest BCUT2D eigenvalue weighted by Crippen LogP contribution is 2.40. The third-order valence-corrected chi connectivity index (χ3v) is 5.79. The molecule has 23 heavy (non-hydrogen) atoms. The molecule has 0 saturated heterocycles. The molecule has 1 aromatic carbocycles. The number of thiophene rings is 1. The van der Waals surface area contributed by atoms with E-state index < -0.39 is 0 Å². The number of hydrogen-bond acceptors (Lipinski definition) is 2. The summed E-state index contributed by atoms with van der Waals surface area (Å²) in [6.07, 6.45) is 3.48. The maximum absolute atomic E-state index is 12.4. The summed E-state index contributed by atoms with van der Waals surface area (Å²) in [6, 6.07) is 10.4. The van der Waals surface area contributed by atoms with Crippen LogP contribution in [0.2, 0.25) is 4.34 Å². The van der Waals surface area contributed by atoms with E-state index in [1.54, 1.807) is 17.4 Å². The van der Waals surface area contributed by atoms with Gasteiger partial charge in [-0.1, -0.05) is 57.9 Å². The summed E-state index contributed by atoms with van der Waals surface area (Å²) in [4.78, 5) is 15.5. The SMILES string of the molecule is Cc1ccccc1C1CN(C(=O)/C=C/CBr)Cc2sc(Cl)cc21. The van der Waals surface area contributed by atoms with Gasteiger partial charge in [0.1, 0.15) is 0 Å². The van der Waals surface area contributed by atoms with E-state index in [-0.39, 0.29) is 11.8 Å². The molecule has 2 aromatic rings. The number of nitrogens with zero attached hydrogens (tertiary/aromatic N) is 1. The molecule has 0 fully saturated rings. The van der Waals surface area contributed by atoms with Crippen molar-refractivity contribution in [2.45, 2.75) is 19.4 Å². The van der Waals surface area contributed by atoms with Crippen LogP contribution in [-0.2, 0) is 11.3 Å². The fourth-order valence-corrected chi connectivity index (χ4v) is 4.59. The van der Waals surface area contributed by atoms with Crippen LogP contribution in [0.5, 0.6) is 0 Å². The third kappa shape index (κ3) is 3.54. The molecule has 1 aromatic heterocycles. The van der Waals surface area contributed by atoms with Gasteiger partial charge in [-0.05, 0) is 35.8 Å². The summed E-state index contributed by atoms with van der Waals surface area (Å²) in [5.41, 5.74) is 3.78. The number of alkyl halides is 1. The van der Waals surface area contributed by atoms with Crippen molar-refractivity contribution in [1.29, 1.82) is 0 Å². The molecule has 0 spiro atoms. The Morgan fingerprint density at radius 2 is 2.22 bits per heavy atom. The number of aryl methyl sites for hydroxylation is 1. The summed E-state index contributed by atoms with van der Waals surface area (Å²) in [5, 5.41) is 0.684. The highest BCUT2D eigenvalue weighted by atomic mass is 79.9. The minimum atomic E-state index is 0.0539. The molecule has 5 heteroatoms. The van der Waals surface area contributed by atoms with Gasteiger partial charge < -0.3 is 4.90 Å². The number of carbonyl (C=O) groups excluding carboxylic acids is 1. The zero-order chi connectivity index (χ0) is 16.4. The van der Waals surface area contributed by atoms with Gasteiger partial charge in [0.15, 0.2) is 0 Å². The summed E-state index contributed by atoms with van der Waals surface area (Å²) in [7, 11) is 0. The Balaban J connectivity index is 1.99. The summed E-state index contributed by atoms with van der Waals surface area (Å²) < 4.78 is 0.791. The van der Waals surface area contributed by atoms with Crippen LogP contribution in [0.4, 0.5) is 0 Å². The van der Waals surface area contributed by atoms with Gasteiger partial charge >= 0.3 is 0 Å². The quantitative estimate of drug-likeness (QED) is 0.507. The molecule has 0 aliphatic carbocycles. The molecule has 3 rings (SSSR count). The second-order valence-corrected chi connectivity index (χ2v) is 8.03. The minimum Gasteiger partial charge on any atom is -0.333 e. The Kier molecular flexibility index (Phi) is 5.24. The fourth-order valence-electron chi connectivity index (χ4n) is 3.05. The van der Waals surface area contributed by atoms with Crippen molar-refractivity contribution in [3.05, 3.63) is 68.4 Å². The molecule has 0 saturated carbocycles. The van der Waals surface area contributed by atoms with E-state index >= 15 is 0 Å². The van der Waals surface area contributed by atoms with E-state index in [1.807, 2.05) is 17.0 Å². The standard InChI is InChI=1S/C18H17BrClNOS/c1-12-5-2-3-6-13(12)15-10-21(18(22)7-4-8-19)11-16-14(15)9-17(20)23-16/h2-7,9,15H,8,10-11H2,1H3/b7-4+. The van der Waals surface area contributed by atoms with Crippen LogP contribution in [0.25, 0.3) is 0 Å². The first-order valence-corrected chi connectivity index (χ1v) is 9.76. The number of benzene rings is 1. The molecular formula is C18H17BrClNOS. The third-order valence-electron chi connectivity index (χ3n) is 4.15. The van der Waals surface area contributed by atoms with Crippen molar-refractivity contribution in [2.75, 3.05) is 11.9 Å². The molecule has 1 atom stereocenters. The summed E-state index contributed by atoms with van der Waals surface area (Å²) >= 11 is 11.1. The number of rotatable bonds is 3. The van der Waals surface area contributed by atoms with E-state index in [0.717, 1.165) is 4.34 Å². The lowest BCUT2D eigenvalue weighted by atomic mass is 9.86. The topological polar surface area (TPSA) is 20.3 Å². The zero-order valence-corrected chi connectivity index (χ0v) is 15.9. The van der Waals surface area contributed by atoms with Gasteiger partial charge in [-0.3, -0.25) is 4.79 Å². The van der Waals surface area contributed by atoms with Crippen molar-refractivity contribution in [3.8, 4) is 0 Å². The molecule has 0 radical (unpaired) electrons. The van der Waals surface area contributed by atoms with Crippen LogP contribution >= 0.6 is 38.9 Å². The van der Waals surface area contributed by atoms with Crippen LogP contribution < -0.4 is 0 Å². The number of allylic oxidation sites excluding steroid dienone is 1. The zero-order valence-electron chi connectivity index (χ0n) is 12.8. The fraction of sp³-hybridized carbons (Fsp3) is 0.278. The van der Waals surface area contributed by atoms with Gasteiger partial charge in [0, 0.05) is 22.7 Å². The van der Waals surface area contributed by atoms with Crippen molar-refractivity contribution < 1.29 is 4.79 Å². The molecule has 2 heterocycles. The minimum absolute atomic E-state index is 0.0539. The average Bonchev–Trinajstić information content (AvgIpc) is 2.92. The van der Waals surface area contributed by atoms with Crippen LogP contribution in [0.3, 0.4) is 0 Å². The van der Waals surface area contributed by atoms with Crippen LogP contribution in [-0.4, -0.2) is 22.7 Å². The first-order valence-electron chi connectivity index (χ1n) is 7.45. The van der Waals surface area contributed by atoms with Gasteiger partial charge in [0.05, 0.1) is 10.9 Å². The Morgan fingerprint density at radius 3 is 2.96 bits per heavy atom. The Morgan fingerprint density at radius 1 is 1.43 bits per heavy atom. The van der Waals surface area contributed by atoms with E-state index in [0.29, 0.717) is 18.4 Å². The number of hydrogen-bond donors (Lipinski definition) is 0. The Labute approximate surface area is 153 Å². The van der Waals surface area contributed by atoms with Gasteiger partial charge in [-0.2, -0.15) is 0 Å². The van der Waals surface area contributed by atoms with Gasteiger partial charge in [-0.25, -0.2) is 0 Å². The van der Waals surface area contributed by atoms with Crippen molar-refractivity contribution in [2.24, 2.45) is 0 Å². The second kappa shape index (κ2) is 7.20. The number of fused-ring (bicyclic) bond motifs is 1.